The number of imidazole rings is 1. The van der Waals surface area contributed by atoms with Gasteiger partial charge in [0.1, 0.15) is 0 Å². The first-order valence-corrected chi connectivity index (χ1v) is 5.83. The Hall–Kier alpha value is -2.24. The van der Waals surface area contributed by atoms with E-state index >= 15 is 0 Å². The number of rotatable bonds is 6. The van der Waals surface area contributed by atoms with Gasteiger partial charge in [-0.15, -0.1) is 0 Å². The van der Waals surface area contributed by atoms with E-state index in [4.69, 9.17) is 5.11 Å². The monoisotopic (exact) mass is 249 g/mol. The van der Waals surface area contributed by atoms with Gasteiger partial charge in [0.05, 0.1) is 11.0 Å². The second-order valence-corrected chi connectivity index (χ2v) is 4.12. The molecule has 1 aromatic carbocycles. The van der Waals surface area contributed by atoms with Crippen LogP contribution in [0.25, 0.3) is 11.0 Å². The van der Waals surface area contributed by atoms with E-state index in [0.29, 0.717) is 13.0 Å². The number of H-pyrrole nitrogens is 2. The normalized spacial score (nSPS) is 10.7. The molecule has 0 saturated heterocycles. The Morgan fingerprint density at radius 1 is 1.22 bits per heavy atom. The summed E-state index contributed by atoms with van der Waals surface area (Å²) in [7, 11) is 0. The molecule has 0 unspecified atom stereocenters. The highest BCUT2D eigenvalue weighted by Gasteiger charge is 2.00. The fourth-order valence-electron chi connectivity index (χ4n) is 1.78. The number of carboxylic acids is 1. The van der Waals surface area contributed by atoms with E-state index in [1.54, 1.807) is 0 Å². The second-order valence-electron chi connectivity index (χ2n) is 4.12. The molecule has 1 heterocycles. The Morgan fingerprint density at radius 3 is 2.78 bits per heavy atom. The molecule has 1 aromatic heterocycles. The molecule has 96 valence electrons. The molecule has 2 aromatic rings. The third-order valence-electron chi connectivity index (χ3n) is 2.66. The van der Waals surface area contributed by atoms with Crippen LogP contribution in [-0.2, 0) is 4.79 Å². The Kier molecular flexibility index (Phi) is 3.66. The predicted octanol–water partition coefficient (Wildman–Crippen LogP) is 1.52. The molecule has 18 heavy (non-hydrogen) atoms. The number of nitrogens with one attached hydrogen (secondary N) is 3. The average molecular weight is 249 g/mol. The summed E-state index contributed by atoms with van der Waals surface area (Å²) in [5.41, 5.74) is 2.23. The number of aromatic nitrogens is 2. The zero-order chi connectivity index (χ0) is 13.0. The highest BCUT2D eigenvalue weighted by Crippen LogP contribution is 2.14. The topological polar surface area (TPSA) is 98.0 Å². The molecule has 0 aliphatic heterocycles. The SMILES string of the molecule is O=C(O)CCCCNc1ccc2[nH]c(=O)[nH]c2c1. The van der Waals surface area contributed by atoms with Gasteiger partial charge in [-0.05, 0) is 31.0 Å². The smallest absolute Gasteiger partial charge is 0.323 e. The number of aromatic amines is 2. The lowest BCUT2D eigenvalue weighted by Crippen LogP contribution is -2.03. The molecule has 0 bridgehead atoms. The quantitative estimate of drug-likeness (QED) is 0.583. The van der Waals surface area contributed by atoms with Gasteiger partial charge in [-0.3, -0.25) is 4.79 Å². The van der Waals surface area contributed by atoms with Crippen molar-refractivity contribution in [1.29, 1.82) is 0 Å². The third-order valence-corrected chi connectivity index (χ3v) is 2.66. The molecule has 0 atom stereocenters. The Bertz CT molecular complexity index is 600. The van der Waals surface area contributed by atoms with Gasteiger partial charge in [0.2, 0.25) is 0 Å². The van der Waals surface area contributed by atoms with E-state index in [-0.39, 0.29) is 12.1 Å². The number of aliphatic carboxylic acids is 1. The standard InChI is InChI=1S/C12H15N3O3/c16-11(17)3-1-2-6-13-8-4-5-9-10(7-8)15-12(18)14-9/h4-5,7,13H,1-3,6H2,(H,16,17)(H2,14,15,18). The van der Waals surface area contributed by atoms with Crippen molar-refractivity contribution in [3.05, 3.63) is 28.7 Å². The molecule has 0 aliphatic rings. The summed E-state index contributed by atoms with van der Waals surface area (Å²) < 4.78 is 0. The van der Waals surface area contributed by atoms with Crippen LogP contribution in [-0.4, -0.2) is 27.6 Å². The van der Waals surface area contributed by atoms with Crippen LogP contribution in [0.4, 0.5) is 5.69 Å². The summed E-state index contributed by atoms with van der Waals surface area (Å²) in [5, 5.41) is 11.7. The third kappa shape index (κ3) is 3.13. The highest BCUT2D eigenvalue weighted by atomic mass is 16.4. The van der Waals surface area contributed by atoms with Crippen molar-refractivity contribution in [3.63, 3.8) is 0 Å². The minimum atomic E-state index is -0.763. The number of hydrogen-bond acceptors (Lipinski definition) is 3. The number of unbranched alkanes of at least 4 members (excludes halogenated alkanes) is 1. The maximum Gasteiger partial charge on any atom is 0.323 e. The molecule has 0 amide bonds. The molecule has 6 nitrogen and oxygen atoms in total. The molecule has 6 heteroatoms. The average Bonchev–Trinajstić information content (AvgIpc) is 2.67. The lowest BCUT2D eigenvalue weighted by Gasteiger charge is -2.05. The van der Waals surface area contributed by atoms with Crippen molar-refractivity contribution in [3.8, 4) is 0 Å². The van der Waals surface area contributed by atoms with Crippen molar-refractivity contribution >= 4 is 22.7 Å². The minimum Gasteiger partial charge on any atom is -0.481 e. The lowest BCUT2D eigenvalue weighted by atomic mass is 10.2. The predicted molar refractivity (Wildman–Crippen MR) is 68.9 cm³/mol. The number of anilines is 1. The van der Waals surface area contributed by atoms with Crippen molar-refractivity contribution in [1.82, 2.24) is 9.97 Å². The number of hydrogen-bond donors (Lipinski definition) is 4. The number of carboxylic acid groups (broad SMARTS) is 1. The minimum absolute atomic E-state index is 0.200. The van der Waals surface area contributed by atoms with Crippen LogP contribution >= 0.6 is 0 Å². The molecule has 0 fully saturated rings. The van der Waals surface area contributed by atoms with Crippen LogP contribution in [0.3, 0.4) is 0 Å². The molecule has 2 rings (SSSR count). The van der Waals surface area contributed by atoms with E-state index in [2.05, 4.69) is 15.3 Å². The zero-order valence-electron chi connectivity index (χ0n) is 9.82. The van der Waals surface area contributed by atoms with Gasteiger partial charge in [0.25, 0.3) is 0 Å². The van der Waals surface area contributed by atoms with Gasteiger partial charge in [-0.25, -0.2) is 4.79 Å². The van der Waals surface area contributed by atoms with Gasteiger partial charge in [-0.2, -0.15) is 0 Å². The van der Waals surface area contributed by atoms with Gasteiger partial charge >= 0.3 is 11.7 Å². The lowest BCUT2D eigenvalue weighted by molar-refractivity contribution is -0.137. The van der Waals surface area contributed by atoms with Gasteiger partial charge in [-0.1, -0.05) is 0 Å². The first-order chi connectivity index (χ1) is 8.65. The fourth-order valence-corrected chi connectivity index (χ4v) is 1.78. The Morgan fingerprint density at radius 2 is 2.00 bits per heavy atom. The van der Waals surface area contributed by atoms with E-state index in [9.17, 15) is 9.59 Å². The first-order valence-electron chi connectivity index (χ1n) is 5.83. The maximum absolute atomic E-state index is 11.1. The van der Waals surface area contributed by atoms with E-state index in [1.165, 1.54) is 0 Å². The summed E-state index contributed by atoms with van der Waals surface area (Å²) in [6.45, 7) is 0.716. The van der Waals surface area contributed by atoms with Crippen LogP contribution in [0, 0.1) is 0 Å². The van der Waals surface area contributed by atoms with E-state index < -0.39 is 5.97 Å². The van der Waals surface area contributed by atoms with Crippen LogP contribution in [0.15, 0.2) is 23.0 Å². The number of fused-ring (bicyclic) bond motifs is 1. The van der Waals surface area contributed by atoms with E-state index in [0.717, 1.165) is 23.1 Å². The van der Waals surface area contributed by atoms with Crippen LogP contribution < -0.4 is 11.0 Å². The summed E-state index contributed by atoms with van der Waals surface area (Å²) >= 11 is 0. The fraction of sp³-hybridized carbons (Fsp3) is 0.333. The zero-order valence-corrected chi connectivity index (χ0v) is 9.82. The second kappa shape index (κ2) is 5.39. The summed E-state index contributed by atoms with van der Waals surface area (Å²) in [6, 6.07) is 5.56. The summed E-state index contributed by atoms with van der Waals surface area (Å²) in [5.74, 6) is -0.763. The Balaban J connectivity index is 1.87. The molecule has 0 saturated carbocycles. The number of benzene rings is 1. The van der Waals surface area contributed by atoms with Crippen LogP contribution in [0.1, 0.15) is 19.3 Å². The van der Waals surface area contributed by atoms with Crippen molar-refractivity contribution in [2.24, 2.45) is 0 Å². The van der Waals surface area contributed by atoms with Crippen LogP contribution in [0.5, 0.6) is 0 Å². The molecule has 4 N–H and O–H groups in total. The maximum atomic E-state index is 11.1. The highest BCUT2D eigenvalue weighted by molar-refractivity contribution is 5.78. The molecule has 0 aliphatic carbocycles. The number of carbonyl (C=O) groups is 1. The Labute approximate surface area is 103 Å². The van der Waals surface area contributed by atoms with Gasteiger partial charge < -0.3 is 20.4 Å². The van der Waals surface area contributed by atoms with Crippen molar-refractivity contribution in [2.75, 3.05) is 11.9 Å². The van der Waals surface area contributed by atoms with Gasteiger partial charge in [0.15, 0.2) is 0 Å². The summed E-state index contributed by atoms with van der Waals surface area (Å²) in [6.07, 6.45) is 1.66. The summed E-state index contributed by atoms with van der Waals surface area (Å²) in [4.78, 5) is 26.8. The largest absolute Gasteiger partial charge is 0.481 e. The van der Waals surface area contributed by atoms with Crippen LogP contribution in [0.2, 0.25) is 0 Å². The van der Waals surface area contributed by atoms with Gasteiger partial charge in [0, 0.05) is 18.7 Å². The van der Waals surface area contributed by atoms with E-state index in [1.807, 2.05) is 18.2 Å². The molecular formula is C12H15N3O3. The first kappa shape index (κ1) is 12.2. The van der Waals surface area contributed by atoms with Crippen molar-refractivity contribution < 1.29 is 9.90 Å². The van der Waals surface area contributed by atoms with Crippen molar-refractivity contribution in [2.45, 2.75) is 19.3 Å². The molecule has 0 spiro atoms. The molecule has 0 radical (unpaired) electrons. The molecular weight excluding hydrogens is 234 g/mol.